The van der Waals surface area contributed by atoms with E-state index in [9.17, 15) is 22.8 Å². The number of alkyl halides is 3. The Morgan fingerprint density at radius 3 is 2.55 bits per heavy atom. The fourth-order valence-electron chi connectivity index (χ4n) is 3.15. The highest BCUT2D eigenvalue weighted by Crippen LogP contribution is 2.41. The highest BCUT2D eigenvalue weighted by atomic mass is 19.4. The zero-order valence-corrected chi connectivity index (χ0v) is 10.8. The molecule has 2 rings (SSSR count). The van der Waals surface area contributed by atoms with Gasteiger partial charge in [0.2, 0.25) is 0 Å². The molecule has 20 heavy (non-hydrogen) atoms. The summed E-state index contributed by atoms with van der Waals surface area (Å²) in [5.41, 5.74) is 0. The number of carboxylic acid groups (broad SMARTS) is 1. The maximum Gasteiger partial charge on any atom is 0.389 e. The first-order valence-corrected chi connectivity index (χ1v) is 6.65. The van der Waals surface area contributed by atoms with Crippen molar-refractivity contribution in [2.75, 3.05) is 6.54 Å². The Bertz CT molecular complexity index is 400. The van der Waals surface area contributed by atoms with E-state index < -0.39 is 30.5 Å². The highest BCUT2D eigenvalue weighted by molar-refractivity contribution is 5.79. The first-order valence-electron chi connectivity index (χ1n) is 6.65. The van der Waals surface area contributed by atoms with E-state index in [0.717, 1.165) is 6.42 Å². The smallest absolute Gasteiger partial charge is 0.389 e. The van der Waals surface area contributed by atoms with Gasteiger partial charge in [0.25, 0.3) is 0 Å². The quantitative estimate of drug-likeness (QED) is 0.779. The normalized spacial score (nSPS) is 28.8. The van der Waals surface area contributed by atoms with Gasteiger partial charge < -0.3 is 15.3 Å². The Labute approximate surface area is 114 Å². The molecule has 2 N–H and O–H groups in total. The van der Waals surface area contributed by atoms with Crippen LogP contribution in [0, 0.1) is 5.92 Å². The van der Waals surface area contributed by atoms with Crippen molar-refractivity contribution in [3.8, 4) is 0 Å². The maximum atomic E-state index is 12.0. The number of amides is 2. The molecule has 0 aromatic rings. The van der Waals surface area contributed by atoms with Crippen molar-refractivity contribution >= 4 is 12.0 Å². The van der Waals surface area contributed by atoms with E-state index in [4.69, 9.17) is 5.11 Å². The molecule has 3 unspecified atom stereocenters. The molecule has 2 aliphatic rings. The number of carboxylic acids is 1. The summed E-state index contributed by atoms with van der Waals surface area (Å²) in [5.74, 6) is -1.46. The van der Waals surface area contributed by atoms with Gasteiger partial charge in [-0.2, -0.15) is 13.2 Å². The molecule has 0 aromatic carbocycles. The molecular weight excluding hydrogens is 277 g/mol. The van der Waals surface area contributed by atoms with Crippen molar-refractivity contribution in [2.45, 2.75) is 50.4 Å². The molecule has 8 heteroatoms. The Kier molecular flexibility index (Phi) is 4.10. The van der Waals surface area contributed by atoms with Crippen molar-refractivity contribution in [1.29, 1.82) is 0 Å². The monoisotopic (exact) mass is 294 g/mol. The van der Waals surface area contributed by atoms with E-state index in [-0.39, 0.29) is 25.0 Å². The third-order valence-electron chi connectivity index (χ3n) is 4.00. The molecule has 2 saturated heterocycles. The molecule has 2 bridgehead atoms. The fraction of sp³-hybridized carbons (Fsp3) is 0.833. The Morgan fingerprint density at radius 2 is 2.00 bits per heavy atom. The third-order valence-corrected chi connectivity index (χ3v) is 4.00. The van der Waals surface area contributed by atoms with Gasteiger partial charge in [-0.15, -0.1) is 0 Å². The number of nitrogens with one attached hydrogen (secondary N) is 1. The van der Waals surface area contributed by atoms with Crippen LogP contribution in [0.3, 0.4) is 0 Å². The van der Waals surface area contributed by atoms with E-state index >= 15 is 0 Å². The van der Waals surface area contributed by atoms with Crippen LogP contribution in [0.4, 0.5) is 18.0 Å². The lowest BCUT2D eigenvalue weighted by Gasteiger charge is -2.23. The summed E-state index contributed by atoms with van der Waals surface area (Å²) in [6.45, 7) is -0.0496. The molecule has 2 fully saturated rings. The molecule has 5 nitrogen and oxygen atoms in total. The SMILES string of the molecule is O=C(O)C1CC2CCC1N2C(=O)NCCCC(F)(F)F. The van der Waals surface area contributed by atoms with Gasteiger partial charge in [0.05, 0.1) is 5.92 Å². The van der Waals surface area contributed by atoms with Gasteiger partial charge in [-0.3, -0.25) is 4.79 Å². The minimum atomic E-state index is -4.22. The van der Waals surface area contributed by atoms with Gasteiger partial charge >= 0.3 is 18.2 Å². The molecule has 0 spiro atoms. The molecule has 0 saturated carbocycles. The van der Waals surface area contributed by atoms with Crippen molar-refractivity contribution in [3.05, 3.63) is 0 Å². The second kappa shape index (κ2) is 5.49. The van der Waals surface area contributed by atoms with Gasteiger partial charge in [-0.1, -0.05) is 0 Å². The second-order valence-corrected chi connectivity index (χ2v) is 5.34. The number of fused-ring (bicyclic) bond motifs is 2. The van der Waals surface area contributed by atoms with E-state index in [1.807, 2.05) is 0 Å². The number of carbonyl (C=O) groups excluding carboxylic acids is 1. The van der Waals surface area contributed by atoms with Crippen molar-refractivity contribution < 1.29 is 27.9 Å². The molecule has 2 heterocycles. The predicted octanol–water partition coefficient (Wildman–Crippen LogP) is 1.98. The zero-order valence-electron chi connectivity index (χ0n) is 10.8. The summed E-state index contributed by atoms with van der Waals surface area (Å²) < 4.78 is 35.9. The van der Waals surface area contributed by atoms with Crippen LogP contribution in [-0.4, -0.2) is 46.8 Å². The Hall–Kier alpha value is -1.47. The summed E-state index contributed by atoms with van der Waals surface area (Å²) in [4.78, 5) is 24.5. The second-order valence-electron chi connectivity index (χ2n) is 5.34. The van der Waals surface area contributed by atoms with Crippen LogP contribution in [0.25, 0.3) is 0 Å². The lowest BCUT2D eigenvalue weighted by atomic mass is 9.89. The molecule has 0 radical (unpaired) electrons. The van der Waals surface area contributed by atoms with E-state index in [1.54, 1.807) is 0 Å². The van der Waals surface area contributed by atoms with Crippen LogP contribution < -0.4 is 5.32 Å². The third kappa shape index (κ3) is 3.16. The predicted molar refractivity (Wildman–Crippen MR) is 63.1 cm³/mol. The molecule has 3 atom stereocenters. The van der Waals surface area contributed by atoms with Gasteiger partial charge in [-0.05, 0) is 25.7 Å². The lowest BCUT2D eigenvalue weighted by molar-refractivity contribution is -0.142. The van der Waals surface area contributed by atoms with Crippen LogP contribution in [0.2, 0.25) is 0 Å². The first-order chi connectivity index (χ1) is 9.29. The Balaban J connectivity index is 1.81. The van der Waals surface area contributed by atoms with Crippen LogP contribution in [0.15, 0.2) is 0 Å². The summed E-state index contributed by atoms with van der Waals surface area (Å²) in [7, 11) is 0. The lowest BCUT2D eigenvalue weighted by Crippen LogP contribution is -2.44. The molecule has 2 aliphatic heterocycles. The van der Waals surface area contributed by atoms with Crippen molar-refractivity contribution in [3.63, 3.8) is 0 Å². The summed E-state index contributed by atoms with van der Waals surface area (Å²) in [6.07, 6.45) is -3.46. The zero-order chi connectivity index (χ0) is 14.9. The fourth-order valence-corrected chi connectivity index (χ4v) is 3.15. The number of hydrogen-bond acceptors (Lipinski definition) is 2. The van der Waals surface area contributed by atoms with Crippen LogP contribution in [0.5, 0.6) is 0 Å². The van der Waals surface area contributed by atoms with Gasteiger partial charge in [0, 0.05) is 25.0 Å². The average Bonchev–Trinajstić information content (AvgIpc) is 2.90. The number of hydrogen-bond donors (Lipinski definition) is 2. The van der Waals surface area contributed by atoms with Crippen molar-refractivity contribution in [1.82, 2.24) is 10.2 Å². The minimum absolute atomic E-state index is 0.0496. The summed E-state index contributed by atoms with van der Waals surface area (Å²) >= 11 is 0. The number of carbonyl (C=O) groups is 2. The van der Waals surface area contributed by atoms with Gasteiger partial charge in [0.1, 0.15) is 0 Å². The van der Waals surface area contributed by atoms with E-state index in [1.165, 1.54) is 4.90 Å². The number of rotatable bonds is 4. The number of nitrogens with zero attached hydrogens (tertiary/aromatic N) is 1. The maximum absolute atomic E-state index is 12.0. The van der Waals surface area contributed by atoms with Crippen LogP contribution in [-0.2, 0) is 4.79 Å². The number of halogens is 3. The van der Waals surface area contributed by atoms with E-state index in [0.29, 0.717) is 12.8 Å². The first kappa shape index (κ1) is 14.9. The molecule has 0 aromatic heterocycles. The van der Waals surface area contributed by atoms with Crippen LogP contribution >= 0.6 is 0 Å². The number of urea groups is 1. The van der Waals surface area contributed by atoms with Gasteiger partial charge in [-0.25, -0.2) is 4.79 Å². The molecule has 114 valence electrons. The van der Waals surface area contributed by atoms with Gasteiger partial charge in [0.15, 0.2) is 0 Å². The summed E-state index contributed by atoms with van der Waals surface area (Å²) in [6, 6.07) is -0.854. The van der Waals surface area contributed by atoms with E-state index in [2.05, 4.69) is 5.32 Å². The van der Waals surface area contributed by atoms with Crippen molar-refractivity contribution in [2.24, 2.45) is 5.92 Å². The summed E-state index contributed by atoms with van der Waals surface area (Å²) in [5, 5.41) is 11.5. The molecular formula is C12H17F3N2O3. The minimum Gasteiger partial charge on any atom is -0.481 e. The molecule has 2 amide bonds. The Morgan fingerprint density at radius 1 is 1.30 bits per heavy atom. The topological polar surface area (TPSA) is 69.6 Å². The standard InChI is InChI=1S/C12H17F3N2O3/c13-12(14,15)4-1-5-16-11(20)17-7-2-3-9(17)8(6-7)10(18)19/h7-9H,1-6H2,(H,16,20)(H,18,19). The largest absolute Gasteiger partial charge is 0.481 e. The number of aliphatic carboxylic acids is 1. The van der Waals surface area contributed by atoms with Crippen LogP contribution in [0.1, 0.15) is 32.1 Å². The highest BCUT2D eigenvalue weighted by Gasteiger charge is 2.51. The molecule has 0 aliphatic carbocycles. The average molecular weight is 294 g/mol.